The van der Waals surface area contributed by atoms with E-state index in [1.165, 1.54) is 12.8 Å². The molecule has 4 heteroatoms. The number of nitrogens with zero attached hydrogens (tertiary/aromatic N) is 2. The zero-order valence-corrected chi connectivity index (χ0v) is 13.3. The highest BCUT2D eigenvalue weighted by atomic mass is 127. The number of nitrogen functional groups attached to an aromatic ring is 1. The third kappa shape index (κ3) is 2.95. The lowest BCUT2D eigenvalue weighted by atomic mass is 9.91. The van der Waals surface area contributed by atoms with Crippen molar-refractivity contribution in [3.63, 3.8) is 0 Å². The number of rotatable bonds is 3. The van der Waals surface area contributed by atoms with Crippen LogP contribution in [0.3, 0.4) is 0 Å². The summed E-state index contributed by atoms with van der Waals surface area (Å²) in [5.41, 5.74) is 7.60. The van der Waals surface area contributed by atoms with Crippen molar-refractivity contribution < 1.29 is 0 Å². The minimum absolute atomic E-state index is 0.258. The van der Waals surface area contributed by atoms with Gasteiger partial charge in [-0.1, -0.05) is 20.8 Å². The molecule has 3 nitrogen and oxygen atoms in total. The predicted molar refractivity (Wildman–Crippen MR) is 80.0 cm³/mol. The summed E-state index contributed by atoms with van der Waals surface area (Å²) in [6, 6.07) is 0.456. The Morgan fingerprint density at radius 1 is 1.47 bits per heavy atom. The number of aromatic nitrogens is 2. The average molecular weight is 347 g/mol. The molecule has 96 valence electrons. The van der Waals surface area contributed by atoms with Crippen LogP contribution in [0.2, 0.25) is 0 Å². The SMILES string of the molecule is CC(C1CC1)n1nc(CC(C)(C)C)c(I)c1N. The van der Waals surface area contributed by atoms with E-state index >= 15 is 0 Å². The van der Waals surface area contributed by atoms with Crippen molar-refractivity contribution in [3.8, 4) is 0 Å². The van der Waals surface area contributed by atoms with Crippen LogP contribution in [0, 0.1) is 14.9 Å². The molecule has 1 saturated carbocycles. The Bertz CT molecular complexity index is 413. The van der Waals surface area contributed by atoms with Crippen LogP contribution in [-0.4, -0.2) is 9.78 Å². The molecular formula is C13H22IN3. The van der Waals surface area contributed by atoms with Crippen LogP contribution in [-0.2, 0) is 6.42 Å². The lowest BCUT2D eigenvalue weighted by Gasteiger charge is -2.16. The van der Waals surface area contributed by atoms with Crippen molar-refractivity contribution in [2.24, 2.45) is 11.3 Å². The van der Waals surface area contributed by atoms with Gasteiger partial charge < -0.3 is 5.73 Å². The summed E-state index contributed by atoms with van der Waals surface area (Å²) in [6.45, 7) is 8.95. The molecule has 0 bridgehead atoms. The zero-order valence-electron chi connectivity index (χ0n) is 11.1. The highest BCUT2D eigenvalue weighted by Crippen LogP contribution is 2.41. The minimum Gasteiger partial charge on any atom is -0.383 e. The maximum absolute atomic E-state index is 6.18. The Labute approximate surface area is 117 Å². The molecule has 1 atom stereocenters. The number of hydrogen-bond acceptors (Lipinski definition) is 2. The van der Waals surface area contributed by atoms with Crippen molar-refractivity contribution in [2.75, 3.05) is 5.73 Å². The van der Waals surface area contributed by atoms with Crippen LogP contribution in [0.5, 0.6) is 0 Å². The van der Waals surface area contributed by atoms with Gasteiger partial charge in [0.15, 0.2) is 0 Å². The number of nitrogens with two attached hydrogens (primary N) is 1. The van der Waals surface area contributed by atoms with Crippen LogP contribution >= 0.6 is 22.6 Å². The highest BCUT2D eigenvalue weighted by Gasteiger charge is 2.32. The minimum atomic E-state index is 0.258. The van der Waals surface area contributed by atoms with Crippen LogP contribution in [0.1, 0.15) is 52.3 Å². The first-order valence-electron chi connectivity index (χ1n) is 6.32. The third-order valence-electron chi connectivity index (χ3n) is 3.34. The second-order valence-electron chi connectivity index (χ2n) is 6.41. The van der Waals surface area contributed by atoms with E-state index in [1.807, 2.05) is 4.68 Å². The van der Waals surface area contributed by atoms with E-state index in [-0.39, 0.29) is 5.41 Å². The van der Waals surface area contributed by atoms with Gasteiger partial charge in [-0.05, 0) is 60.1 Å². The fourth-order valence-electron chi connectivity index (χ4n) is 2.18. The number of anilines is 1. The van der Waals surface area contributed by atoms with Gasteiger partial charge in [-0.3, -0.25) is 0 Å². The van der Waals surface area contributed by atoms with Crippen LogP contribution < -0.4 is 5.73 Å². The molecule has 1 unspecified atom stereocenters. The lowest BCUT2D eigenvalue weighted by Crippen LogP contribution is -2.13. The molecule has 2 rings (SSSR count). The summed E-state index contributed by atoms with van der Waals surface area (Å²) in [5, 5.41) is 4.74. The van der Waals surface area contributed by atoms with Crippen molar-refractivity contribution in [1.29, 1.82) is 0 Å². The normalized spacial score (nSPS) is 18.4. The molecule has 1 fully saturated rings. The van der Waals surface area contributed by atoms with Crippen LogP contribution in [0.25, 0.3) is 0 Å². The molecule has 17 heavy (non-hydrogen) atoms. The Morgan fingerprint density at radius 3 is 2.53 bits per heavy atom. The van der Waals surface area contributed by atoms with Crippen LogP contribution in [0.4, 0.5) is 5.82 Å². The van der Waals surface area contributed by atoms with Gasteiger partial charge in [0.25, 0.3) is 0 Å². The average Bonchev–Trinajstić information content (AvgIpc) is 2.99. The van der Waals surface area contributed by atoms with Gasteiger partial charge >= 0.3 is 0 Å². The monoisotopic (exact) mass is 347 g/mol. The Kier molecular flexibility index (Phi) is 3.45. The molecule has 1 heterocycles. The highest BCUT2D eigenvalue weighted by molar-refractivity contribution is 14.1. The van der Waals surface area contributed by atoms with E-state index in [0.29, 0.717) is 6.04 Å². The van der Waals surface area contributed by atoms with Gasteiger partial charge in [-0.15, -0.1) is 0 Å². The number of hydrogen-bond donors (Lipinski definition) is 1. The maximum Gasteiger partial charge on any atom is 0.135 e. The summed E-state index contributed by atoms with van der Waals surface area (Å²) in [6.07, 6.45) is 3.64. The first kappa shape index (κ1) is 13.2. The zero-order chi connectivity index (χ0) is 12.8. The molecule has 1 aliphatic rings. The fourth-order valence-corrected chi connectivity index (χ4v) is 2.73. The third-order valence-corrected chi connectivity index (χ3v) is 4.52. The van der Waals surface area contributed by atoms with Gasteiger partial charge in [0, 0.05) is 0 Å². The lowest BCUT2D eigenvalue weighted by molar-refractivity contribution is 0.393. The second kappa shape index (κ2) is 4.44. The predicted octanol–water partition coefficient (Wildman–Crippen LogP) is 3.63. The Hall–Kier alpha value is -0.260. The van der Waals surface area contributed by atoms with E-state index in [4.69, 9.17) is 10.8 Å². The molecule has 0 radical (unpaired) electrons. The van der Waals surface area contributed by atoms with E-state index in [9.17, 15) is 0 Å². The fraction of sp³-hybridized carbons (Fsp3) is 0.769. The van der Waals surface area contributed by atoms with Gasteiger partial charge in [0.2, 0.25) is 0 Å². The van der Waals surface area contributed by atoms with Gasteiger partial charge in [-0.25, -0.2) is 4.68 Å². The smallest absolute Gasteiger partial charge is 0.135 e. The molecule has 0 aromatic carbocycles. The van der Waals surface area contributed by atoms with E-state index in [1.54, 1.807) is 0 Å². The van der Waals surface area contributed by atoms with Crippen molar-refractivity contribution in [1.82, 2.24) is 9.78 Å². The van der Waals surface area contributed by atoms with Crippen LogP contribution in [0.15, 0.2) is 0 Å². The van der Waals surface area contributed by atoms with Gasteiger partial charge in [0.05, 0.1) is 15.3 Å². The molecule has 0 aliphatic heterocycles. The first-order valence-corrected chi connectivity index (χ1v) is 7.40. The molecule has 1 aliphatic carbocycles. The quantitative estimate of drug-likeness (QED) is 0.849. The molecule has 2 N–H and O–H groups in total. The molecule has 0 spiro atoms. The van der Waals surface area contributed by atoms with E-state index < -0.39 is 0 Å². The largest absolute Gasteiger partial charge is 0.383 e. The van der Waals surface area contributed by atoms with Crippen molar-refractivity contribution in [2.45, 2.75) is 53.0 Å². The standard InChI is InChI=1S/C13H22IN3/c1-8(9-5-6-9)17-12(15)11(14)10(16-17)7-13(2,3)4/h8-9H,5-7,15H2,1-4H3. The summed E-state index contributed by atoms with van der Waals surface area (Å²) in [4.78, 5) is 0. The van der Waals surface area contributed by atoms with Gasteiger partial charge in [0.1, 0.15) is 5.82 Å². The van der Waals surface area contributed by atoms with Crippen molar-refractivity contribution in [3.05, 3.63) is 9.26 Å². The summed E-state index contributed by atoms with van der Waals surface area (Å²) < 4.78 is 3.19. The van der Waals surface area contributed by atoms with Crippen molar-refractivity contribution >= 4 is 28.4 Å². The topological polar surface area (TPSA) is 43.8 Å². The second-order valence-corrected chi connectivity index (χ2v) is 7.48. The van der Waals surface area contributed by atoms with E-state index in [0.717, 1.165) is 27.4 Å². The summed E-state index contributed by atoms with van der Waals surface area (Å²) >= 11 is 2.33. The first-order chi connectivity index (χ1) is 7.79. The summed E-state index contributed by atoms with van der Waals surface area (Å²) in [5.74, 6) is 1.64. The summed E-state index contributed by atoms with van der Waals surface area (Å²) in [7, 11) is 0. The van der Waals surface area contributed by atoms with Gasteiger partial charge in [-0.2, -0.15) is 5.10 Å². The molecule has 1 aromatic rings. The maximum atomic E-state index is 6.18. The molecule has 0 amide bonds. The van der Waals surface area contributed by atoms with E-state index in [2.05, 4.69) is 50.3 Å². The molecule has 0 saturated heterocycles. The molecule has 1 aromatic heterocycles. The Balaban J connectivity index is 2.26. The Morgan fingerprint density at radius 2 is 2.06 bits per heavy atom. The number of halogens is 1. The molecular weight excluding hydrogens is 325 g/mol.